The third-order valence-electron chi connectivity index (χ3n) is 5.37. The number of amides is 1. The molecule has 1 aliphatic rings. The number of anilines is 1. The molecule has 1 atom stereocenters. The van der Waals surface area contributed by atoms with E-state index < -0.39 is 0 Å². The van der Waals surface area contributed by atoms with E-state index in [1.54, 1.807) is 6.20 Å². The molecular weight excluding hydrogens is 380 g/mol. The Morgan fingerprint density at radius 3 is 3.03 bits per heavy atom. The predicted molar refractivity (Wildman–Crippen MR) is 116 cm³/mol. The van der Waals surface area contributed by atoms with Crippen LogP contribution in [0.25, 0.3) is 0 Å². The van der Waals surface area contributed by atoms with Gasteiger partial charge in [-0.15, -0.1) is 0 Å². The first-order chi connectivity index (χ1) is 14.7. The molecule has 0 spiro atoms. The van der Waals surface area contributed by atoms with Gasteiger partial charge in [0.15, 0.2) is 0 Å². The highest BCUT2D eigenvalue weighted by atomic mass is 16.5. The van der Waals surface area contributed by atoms with E-state index >= 15 is 0 Å². The highest BCUT2D eigenvalue weighted by Crippen LogP contribution is 2.26. The highest BCUT2D eigenvalue weighted by molar-refractivity contribution is 5.77. The Morgan fingerprint density at radius 2 is 2.23 bits per heavy atom. The van der Waals surface area contributed by atoms with Gasteiger partial charge in [-0.3, -0.25) is 4.79 Å². The molecule has 164 valence electrons. The summed E-state index contributed by atoms with van der Waals surface area (Å²) in [7, 11) is 0. The van der Waals surface area contributed by atoms with E-state index in [2.05, 4.69) is 20.2 Å². The Bertz CT molecular complexity index is 780. The quantitative estimate of drug-likeness (QED) is 0.569. The Labute approximate surface area is 179 Å². The van der Waals surface area contributed by atoms with Crippen LogP contribution in [0.5, 0.6) is 0 Å². The van der Waals surface area contributed by atoms with Gasteiger partial charge in [-0.25, -0.2) is 15.0 Å². The minimum absolute atomic E-state index is 0.106. The van der Waals surface area contributed by atoms with E-state index in [-0.39, 0.29) is 11.9 Å². The number of nitrogens with zero attached hydrogens (tertiary/aromatic N) is 5. The number of piperidine rings is 1. The summed E-state index contributed by atoms with van der Waals surface area (Å²) in [5, 5.41) is 3.03. The topological polar surface area (TPSA) is 85.2 Å². The molecule has 0 saturated carbocycles. The fourth-order valence-electron chi connectivity index (χ4n) is 3.87. The second-order valence-electron chi connectivity index (χ2n) is 7.78. The fourth-order valence-corrected chi connectivity index (χ4v) is 3.87. The maximum atomic E-state index is 12.5. The highest BCUT2D eigenvalue weighted by Gasteiger charge is 2.26. The molecule has 0 radical (unpaired) electrons. The molecule has 1 unspecified atom stereocenters. The van der Waals surface area contributed by atoms with Crippen LogP contribution in [0.3, 0.4) is 0 Å². The summed E-state index contributed by atoms with van der Waals surface area (Å²) >= 11 is 0. The molecule has 1 saturated heterocycles. The summed E-state index contributed by atoms with van der Waals surface area (Å²) in [6, 6.07) is 2.22. The first-order valence-corrected chi connectivity index (χ1v) is 11.1. The molecule has 2 aromatic rings. The fraction of sp³-hybridized carbons (Fsp3) is 0.636. The van der Waals surface area contributed by atoms with Gasteiger partial charge in [0.2, 0.25) is 5.91 Å². The van der Waals surface area contributed by atoms with E-state index in [1.165, 1.54) is 0 Å². The second-order valence-corrected chi connectivity index (χ2v) is 7.78. The van der Waals surface area contributed by atoms with Gasteiger partial charge in [-0.2, -0.15) is 0 Å². The number of carbonyl (C=O) groups is 1. The van der Waals surface area contributed by atoms with Crippen LogP contribution in [0.1, 0.15) is 50.5 Å². The van der Waals surface area contributed by atoms with Gasteiger partial charge in [0.25, 0.3) is 0 Å². The number of aromatic nitrogens is 4. The Balaban J connectivity index is 1.59. The van der Waals surface area contributed by atoms with Gasteiger partial charge < -0.3 is 19.5 Å². The number of aryl methyl sites for hydroxylation is 3. The molecule has 8 heteroatoms. The Hall–Kier alpha value is -2.48. The first kappa shape index (κ1) is 22.2. The molecular formula is C22H34N6O2. The number of ether oxygens (including phenoxy) is 1. The molecule has 0 aromatic carbocycles. The van der Waals surface area contributed by atoms with Gasteiger partial charge in [0, 0.05) is 75.9 Å². The van der Waals surface area contributed by atoms with Crippen molar-refractivity contribution in [3.8, 4) is 0 Å². The average molecular weight is 415 g/mol. The Morgan fingerprint density at radius 1 is 1.33 bits per heavy atom. The molecule has 1 amide bonds. The molecule has 0 bridgehead atoms. The van der Waals surface area contributed by atoms with E-state index in [4.69, 9.17) is 9.72 Å². The number of carbonyl (C=O) groups excluding carboxylic acids is 1. The van der Waals surface area contributed by atoms with Crippen molar-refractivity contribution < 1.29 is 9.53 Å². The van der Waals surface area contributed by atoms with Crippen LogP contribution in [0.15, 0.2) is 24.8 Å². The van der Waals surface area contributed by atoms with E-state index in [9.17, 15) is 4.79 Å². The number of imidazole rings is 1. The van der Waals surface area contributed by atoms with Crippen LogP contribution >= 0.6 is 0 Å². The summed E-state index contributed by atoms with van der Waals surface area (Å²) in [6.07, 6.45) is 10.9. The van der Waals surface area contributed by atoms with E-state index in [0.717, 1.165) is 62.5 Å². The SMILES string of the molecule is CCOCCCNC(=O)CC1CCCCN1c1cc(C)nc(CCn2ccnc2)n1. The molecule has 3 rings (SSSR count). The van der Waals surface area contributed by atoms with Crippen LogP contribution in [0, 0.1) is 6.92 Å². The van der Waals surface area contributed by atoms with Crippen LogP contribution in [-0.2, 0) is 22.5 Å². The van der Waals surface area contributed by atoms with Crippen molar-refractivity contribution in [2.45, 2.75) is 65.0 Å². The first-order valence-electron chi connectivity index (χ1n) is 11.1. The van der Waals surface area contributed by atoms with Gasteiger partial charge in [0.1, 0.15) is 11.6 Å². The number of hydrogen-bond acceptors (Lipinski definition) is 6. The van der Waals surface area contributed by atoms with Gasteiger partial charge >= 0.3 is 0 Å². The predicted octanol–water partition coefficient (Wildman–Crippen LogP) is 2.52. The maximum Gasteiger partial charge on any atom is 0.222 e. The van der Waals surface area contributed by atoms with Gasteiger partial charge in [-0.1, -0.05) is 0 Å². The third kappa shape index (κ3) is 6.79. The minimum Gasteiger partial charge on any atom is -0.382 e. The molecule has 1 fully saturated rings. The molecule has 30 heavy (non-hydrogen) atoms. The van der Waals surface area contributed by atoms with E-state index in [1.807, 2.05) is 37.0 Å². The number of nitrogens with one attached hydrogen (secondary N) is 1. The molecule has 8 nitrogen and oxygen atoms in total. The Kier molecular flexibility index (Phi) is 8.62. The van der Waals surface area contributed by atoms with Crippen molar-refractivity contribution >= 4 is 11.7 Å². The molecule has 1 aliphatic heterocycles. The second kappa shape index (κ2) is 11.6. The van der Waals surface area contributed by atoms with Crippen molar-refractivity contribution in [3.05, 3.63) is 36.3 Å². The maximum absolute atomic E-state index is 12.5. The van der Waals surface area contributed by atoms with Crippen LogP contribution in [0.2, 0.25) is 0 Å². The number of hydrogen-bond donors (Lipinski definition) is 1. The van der Waals surface area contributed by atoms with Crippen LogP contribution < -0.4 is 10.2 Å². The summed E-state index contributed by atoms with van der Waals surface area (Å²) in [5.74, 6) is 1.88. The molecule has 2 aromatic heterocycles. The van der Waals surface area contributed by atoms with Crippen molar-refractivity contribution in [1.29, 1.82) is 0 Å². The minimum atomic E-state index is 0.106. The van der Waals surface area contributed by atoms with Crippen molar-refractivity contribution in [2.24, 2.45) is 0 Å². The lowest BCUT2D eigenvalue weighted by atomic mass is 9.99. The van der Waals surface area contributed by atoms with Gasteiger partial charge in [-0.05, 0) is 39.5 Å². The lowest BCUT2D eigenvalue weighted by molar-refractivity contribution is -0.121. The van der Waals surface area contributed by atoms with Gasteiger partial charge in [0.05, 0.1) is 6.33 Å². The third-order valence-corrected chi connectivity index (χ3v) is 5.37. The largest absolute Gasteiger partial charge is 0.382 e. The van der Waals surface area contributed by atoms with Crippen molar-refractivity contribution in [2.75, 3.05) is 31.2 Å². The molecule has 3 heterocycles. The summed E-state index contributed by atoms with van der Waals surface area (Å²) in [6.45, 7) is 7.79. The zero-order valence-corrected chi connectivity index (χ0v) is 18.2. The lowest BCUT2D eigenvalue weighted by Crippen LogP contribution is -2.43. The molecule has 1 N–H and O–H groups in total. The standard InChI is InChI=1S/C22H34N6O2/c1-3-30-14-6-9-24-22(29)16-19-7-4-5-11-28(19)21-15-18(2)25-20(26-21)8-12-27-13-10-23-17-27/h10,13,15,17,19H,3-9,11-12,14,16H2,1-2H3,(H,24,29). The van der Waals surface area contributed by atoms with E-state index in [0.29, 0.717) is 26.2 Å². The zero-order chi connectivity index (χ0) is 21.2. The monoisotopic (exact) mass is 414 g/mol. The molecule has 0 aliphatic carbocycles. The van der Waals surface area contributed by atoms with Crippen LogP contribution in [-0.4, -0.2) is 57.8 Å². The lowest BCUT2D eigenvalue weighted by Gasteiger charge is -2.36. The smallest absolute Gasteiger partial charge is 0.222 e. The van der Waals surface area contributed by atoms with Crippen LogP contribution in [0.4, 0.5) is 5.82 Å². The normalized spacial score (nSPS) is 16.6. The number of rotatable bonds is 11. The summed E-state index contributed by atoms with van der Waals surface area (Å²) in [5.41, 5.74) is 0.963. The summed E-state index contributed by atoms with van der Waals surface area (Å²) in [4.78, 5) is 28.3. The van der Waals surface area contributed by atoms with Crippen molar-refractivity contribution in [1.82, 2.24) is 24.8 Å². The zero-order valence-electron chi connectivity index (χ0n) is 18.2. The average Bonchev–Trinajstić information content (AvgIpc) is 3.26. The van der Waals surface area contributed by atoms with Crippen molar-refractivity contribution in [3.63, 3.8) is 0 Å². The summed E-state index contributed by atoms with van der Waals surface area (Å²) < 4.78 is 7.36.